The number of nitro benzene ring substituents is 1. The number of hydrogen-bond acceptors (Lipinski definition) is 5. The van der Waals surface area contributed by atoms with Crippen LogP contribution in [0, 0.1) is 10.1 Å². The van der Waals surface area contributed by atoms with Crippen LogP contribution in [0.15, 0.2) is 83.0 Å². The van der Waals surface area contributed by atoms with Crippen LogP contribution in [0.3, 0.4) is 0 Å². The van der Waals surface area contributed by atoms with Gasteiger partial charge in [-0.05, 0) is 29.3 Å². The first kappa shape index (κ1) is 15.4. The molecular weight excluding hydrogens is 304 g/mol. The van der Waals surface area contributed by atoms with E-state index in [1.54, 1.807) is 0 Å². The Morgan fingerprint density at radius 1 is 0.833 bits per heavy atom. The van der Waals surface area contributed by atoms with E-state index in [9.17, 15) is 10.1 Å². The Balaban J connectivity index is 1.79. The third kappa shape index (κ3) is 3.44. The van der Waals surface area contributed by atoms with Gasteiger partial charge < -0.3 is 5.73 Å². The molecule has 0 saturated carbocycles. The van der Waals surface area contributed by atoms with E-state index in [1.807, 2.05) is 54.6 Å². The predicted molar refractivity (Wildman–Crippen MR) is 93.6 cm³/mol. The molecule has 0 saturated heterocycles. The summed E-state index contributed by atoms with van der Waals surface area (Å²) in [6.45, 7) is 0. The number of rotatable bonds is 4. The number of non-ortho nitro benzene ring substituents is 1. The highest BCUT2D eigenvalue weighted by Gasteiger charge is 2.08. The van der Waals surface area contributed by atoms with Crippen LogP contribution >= 0.6 is 0 Å². The molecule has 0 radical (unpaired) electrons. The van der Waals surface area contributed by atoms with Crippen molar-refractivity contribution in [3.8, 4) is 11.1 Å². The summed E-state index contributed by atoms with van der Waals surface area (Å²) in [6.07, 6.45) is 0. The largest absolute Gasteiger partial charge is 0.397 e. The smallest absolute Gasteiger partial charge is 0.271 e. The van der Waals surface area contributed by atoms with Crippen molar-refractivity contribution in [2.45, 2.75) is 0 Å². The molecule has 0 atom stereocenters. The molecule has 3 aromatic carbocycles. The van der Waals surface area contributed by atoms with Crippen molar-refractivity contribution in [3.05, 3.63) is 82.9 Å². The molecule has 24 heavy (non-hydrogen) atoms. The molecule has 3 rings (SSSR count). The lowest BCUT2D eigenvalue weighted by Gasteiger charge is -2.01. The Hall–Kier alpha value is -3.54. The maximum absolute atomic E-state index is 10.7. The second-order valence-corrected chi connectivity index (χ2v) is 5.11. The van der Waals surface area contributed by atoms with Gasteiger partial charge in [0.2, 0.25) is 0 Å². The fourth-order valence-electron chi connectivity index (χ4n) is 2.21. The average molecular weight is 318 g/mol. The molecule has 6 heteroatoms. The van der Waals surface area contributed by atoms with Gasteiger partial charge in [0, 0.05) is 12.1 Å². The number of benzene rings is 3. The monoisotopic (exact) mass is 318 g/mol. The summed E-state index contributed by atoms with van der Waals surface area (Å²) in [5.41, 5.74) is 9.19. The summed E-state index contributed by atoms with van der Waals surface area (Å²) < 4.78 is 0. The Bertz CT molecular complexity index is 891. The van der Waals surface area contributed by atoms with E-state index < -0.39 is 4.92 Å². The number of nitrogens with two attached hydrogens (primary N) is 1. The lowest BCUT2D eigenvalue weighted by Crippen LogP contribution is -1.91. The summed E-state index contributed by atoms with van der Waals surface area (Å²) in [4.78, 5) is 10.2. The van der Waals surface area contributed by atoms with Gasteiger partial charge in [-0.3, -0.25) is 10.1 Å². The molecule has 6 nitrogen and oxygen atoms in total. The third-order valence-corrected chi connectivity index (χ3v) is 3.47. The van der Waals surface area contributed by atoms with Crippen LogP contribution in [0.2, 0.25) is 0 Å². The average Bonchev–Trinajstić information content (AvgIpc) is 2.62. The number of nitrogen functional groups attached to an aromatic ring is 1. The molecule has 118 valence electrons. The van der Waals surface area contributed by atoms with Gasteiger partial charge >= 0.3 is 0 Å². The van der Waals surface area contributed by atoms with E-state index in [0.717, 1.165) is 11.1 Å². The highest BCUT2D eigenvalue weighted by atomic mass is 16.6. The molecule has 0 aromatic heterocycles. The summed E-state index contributed by atoms with van der Waals surface area (Å²) in [6, 6.07) is 21.8. The first-order valence-corrected chi connectivity index (χ1v) is 7.24. The SMILES string of the molecule is Nc1cc([N+](=O)[O-])ccc1N=Nc1ccc(-c2ccccc2)cc1. The van der Waals surface area contributed by atoms with Gasteiger partial charge in [-0.1, -0.05) is 42.5 Å². The van der Waals surface area contributed by atoms with Crippen molar-refractivity contribution < 1.29 is 4.92 Å². The Morgan fingerprint density at radius 2 is 1.50 bits per heavy atom. The number of azo groups is 1. The van der Waals surface area contributed by atoms with Crippen molar-refractivity contribution in [1.82, 2.24) is 0 Å². The molecule has 0 aliphatic heterocycles. The molecule has 0 unspecified atom stereocenters. The Kier molecular flexibility index (Phi) is 4.29. The molecular formula is C18H14N4O2. The zero-order chi connectivity index (χ0) is 16.9. The lowest BCUT2D eigenvalue weighted by molar-refractivity contribution is -0.384. The molecule has 0 aliphatic carbocycles. The van der Waals surface area contributed by atoms with Gasteiger partial charge in [0.25, 0.3) is 5.69 Å². The number of anilines is 1. The molecule has 0 bridgehead atoms. The van der Waals surface area contributed by atoms with Crippen LogP contribution in [0.25, 0.3) is 11.1 Å². The van der Waals surface area contributed by atoms with E-state index >= 15 is 0 Å². The van der Waals surface area contributed by atoms with Crippen LogP contribution in [0.4, 0.5) is 22.7 Å². The zero-order valence-corrected chi connectivity index (χ0v) is 12.7. The van der Waals surface area contributed by atoms with Crippen molar-refractivity contribution >= 4 is 22.7 Å². The summed E-state index contributed by atoms with van der Waals surface area (Å²) in [7, 11) is 0. The van der Waals surface area contributed by atoms with Crippen LogP contribution in [0.1, 0.15) is 0 Å². The van der Waals surface area contributed by atoms with Crippen LogP contribution in [-0.2, 0) is 0 Å². The second kappa shape index (κ2) is 6.70. The van der Waals surface area contributed by atoms with Crippen LogP contribution in [-0.4, -0.2) is 4.92 Å². The second-order valence-electron chi connectivity index (χ2n) is 5.11. The highest BCUT2D eigenvalue weighted by molar-refractivity contribution is 5.67. The predicted octanol–water partition coefficient (Wildman–Crippen LogP) is 5.26. The first-order chi connectivity index (χ1) is 11.6. The van der Waals surface area contributed by atoms with Crippen molar-refractivity contribution in [1.29, 1.82) is 0 Å². The number of nitrogens with zero attached hydrogens (tertiary/aromatic N) is 3. The molecule has 0 amide bonds. The van der Waals surface area contributed by atoms with Gasteiger partial charge in [-0.25, -0.2) is 0 Å². The first-order valence-electron chi connectivity index (χ1n) is 7.24. The maximum Gasteiger partial charge on any atom is 0.271 e. The standard InChI is InChI=1S/C18H14N4O2/c19-17-12-16(22(23)24)10-11-18(17)21-20-15-8-6-14(7-9-15)13-4-2-1-3-5-13/h1-12H,19H2. The van der Waals surface area contributed by atoms with E-state index in [1.165, 1.54) is 18.2 Å². The molecule has 0 fully saturated rings. The van der Waals surface area contributed by atoms with Crippen LogP contribution in [0.5, 0.6) is 0 Å². The Labute approximate surface area is 138 Å². The summed E-state index contributed by atoms with van der Waals surface area (Å²) >= 11 is 0. The topological polar surface area (TPSA) is 93.9 Å². The zero-order valence-electron chi connectivity index (χ0n) is 12.7. The fraction of sp³-hybridized carbons (Fsp3) is 0. The molecule has 3 aromatic rings. The highest BCUT2D eigenvalue weighted by Crippen LogP contribution is 2.29. The fourth-order valence-corrected chi connectivity index (χ4v) is 2.21. The minimum atomic E-state index is -0.500. The maximum atomic E-state index is 10.7. The van der Waals surface area contributed by atoms with Gasteiger partial charge in [0.15, 0.2) is 0 Å². The van der Waals surface area contributed by atoms with E-state index in [-0.39, 0.29) is 11.4 Å². The Morgan fingerprint density at radius 3 is 2.12 bits per heavy atom. The summed E-state index contributed by atoms with van der Waals surface area (Å²) in [5, 5.41) is 18.9. The van der Waals surface area contributed by atoms with Crippen molar-refractivity contribution in [2.24, 2.45) is 10.2 Å². The normalized spacial score (nSPS) is 10.8. The molecule has 0 spiro atoms. The summed E-state index contributed by atoms with van der Waals surface area (Å²) in [5.74, 6) is 0. The van der Waals surface area contributed by atoms with Crippen LogP contribution < -0.4 is 5.73 Å². The van der Waals surface area contributed by atoms with E-state index in [2.05, 4.69) is 10.2 Å². The van der Waals surface area contributed by atoms with E-state index in [4.69, 9.17) is 5.73 Å². The lowest BCUT2D eigenvalue weighted by atomic mass is 10.1. The minimum absolute atomic E-state index is 0.0707. The minimum Gasteiger partial charge on any atom is -0.397 e. The van der Waals surface area contributed by atoms with Gasteiger partial charge in [0.05, 0.1) is 16.3 Å². The van der Waals surface area contributed by atoms with Gasteiger partial charge in [-0.15, -0.1) is 5.11 Å². The van der Waals surface area contributed by atoms with Crippen molar-refractivity contribution in [3.63, 3.8) is 0 Å². The van der Waals surface area contributed by atoms with Crippen molar-refractivity contribution in [2.75, 3.05) is 5.73 Å². The van der Waals surface area contributed by atoms with Gasteiger partial charge in [-0.2, -0.15) is 5.11 Å². The number of hydrogen-bond donors (Lipinski definition) is 1. The van der Waals surface area contributed by atoms with E-state index in [0.29, 0.717) is 11.4 Å². The quantitative estimate of drug-likeness (QED) is 0.307. The molecule has 0 aliphatic rings. The number of nitro groups is 1. The van der Waals surface area contributed by atoms with Gasteiger partial charge in [0.1, 0.15) is 5.69 Å². The third-order valence-electron chi connectivity index (χ3n) is 3.47. The molecule has 2 N–H and O–H groups in total. The molecule has 0 heterocycles.